The molecule has 484 valence electrons. The van der Waals surface area contributed by atoms with Crippen molar-refractivity contribution in [2.75, 3.05) is 39.6 Å². The average molecular weight is 1230 g/mol. The number of phosphoric ester groups is 2. The lowest BCUT2D eigenvalue weighted by Crippen LogP contribution is -2.30. The molecule has 0 aliphatic rings. The molecule has 5 unspecified atom stereocenters. The van der Waals surface area contributed by atoms with Crippen LogP contribution in [0, 0.1) is 0 Å². The van der Waals surface area contributed by atoms with Gasteiger partial charge in [0.1, 0.15) is 25.4 Å². The third kappa shape index (κ3) is 61.1. The van der Waals surface area contributed by atoms with Crippen LogP contribution in [-0.2, 0) is 55.8 Å². The molecule has 0 radical (unpaired) electrons. The monoisotopic (exact) mass is 1230 g/mol. The number of rotatable bonds is 58. The van der Waals surface area contributed by atoms with E-state index >= 15 is 0 Å². The minimum atomic E-state index is -4.93. The highest BCUT2D eigenvalue weighted by atomic mass is 31.2. The molecule has 0 bridgehead atoms. The average Bonchev–Trinajstić information content (AvgIpc) is 3.60. The lowest BCUT2D eigenvalue weighted by Gasteiger charge is -2.21. The van der Waals surface area contributed by atoms with Gasteiger partial charge in [-0.15, -0.1) is 0 Å². The Morgan fingerprint density at radius 2 is 0.624 bits per heavy atom. The highest BCUT2D eigenvalue weighted by Gasteiger charge is 2.29. The van der Waals surface area contributed by atoms with Crippen LogP contribution >= 0.6 is 15.6 Å². The molecule has 0 aromatic carbocycles. The van der Waals surface area contributed by atoms with Crippen LogP contribution in [0.25, 0.3) is 0 Å². The fourth-order valence-corrected chi connectivity index (χ4v) is 9.13. The van der Waals surface area contributed by atoms with E-state index in [2.05, 4.69) is 154 Å². The Morgan fingerprint density at radius 3 is 1.02 bits per heavy atom. The van der Waals surface area contributed by atoms with Crippen molar-refractivity contribution in [3.8, 4) is 0 Å². The highest BCUT2D eigenvalue weighted by molar-refractivity contribution is 7.47. The van der Waals surface area contributed by atoms with Gasteiger partial charge in [-0.05, 0) is 128 Å². The lowest BCUT2D eigenvalue weighted by atomic mass is 10.1. The van der Waals surface area contributed by atoms with E-state index in [1.165, 1.54) is 12.8 Å². The van der Waals surface area contributed by atoms with Gasteiger partial charge in [-0.3, -0.25) is 32.5 Å². The largest absolute Gasteiger partial charge is 0.472 e. The molecule has 0 rings (SSSR count). The minimum absolute atomic E-state index is 0.0832. The van der Waals surface area contributed by atoms with Crippen molar-refractivity contribution in [1.29, 1.82) is 0 Å². The number of carbonyl (C=O) groups is 3. The molecule has 85 heavy (non-hydrogen) atoms. The summed E-state index contributed by atoms with van der Waals surface area (Å²) >= 11 is 0. The molecule has 4 N–H and O–H groups in total. The smallest absolute Gasteiger partial charge is 0.463 e. The van der Waals surface area contributed by atoms with Crippen LogP contribution in [0.5, 0.6) is 0 Å². The highest BCUT2D eigenvalue weighted by Crippen LogP contribution is 2.45. The number of aliphatic hydroxyl groups is 2. The Labute approximate surface area is 512 Å². The molecule has 5 atom stereocenters. The number of hydrogen-bond donors (Lipinski definition) is 4. The van der Waals surface area contributed by atoms with Crippen molar-refractivity contribution in [1.82, 2.24) is 0 Å². The number of ether oxygens (including phenoxy) is 3. The van der Waals surface area contributed by atoms with Gasteiger partial charge in [0.2, 0.25) is 0 Å². The molecule has 0 saturated heterocycles. The molecule has 0 aromatic heterocycles. The maximum atomic E-state index is 12.8. The zero-order chi connectivity index (χ0) is 62.4. The number of phosphoric acid groups is 2. The Bertz CT molecular complexity index is 2090. The van der Waals surface area contributed by atoms with Gasteiger partial charge >= 0.3 is 33.6 Å². The van der Waals surface area contributed by atoms with E-state index < -0.39 is 91.5 Å². The number of hydrogen-bond acceptors (Lipinski definition) is 14. The molecule has 0 saturated carbocycles. The van der Waals surface area contributed by atoms with Gasteiger partial charge in [-0.2, -0.15) is 0 Å². The van der Waals surface area contributed by atoms with Crippen LogP contribution in [0.1, 0.15) is 213 Å². The Balaban J connectivity index is 4.68. The molecular formula is C67H110O16P2. The van der Waals surface area contributed by atoms with Crippen molar-refractivity contribution in [3.63, 3.8) is 0 Å². The third-order valence-electron chi connectivity index (χ3n) is 12.3. The van der Waals surface area contributed by atoms with Crippen molar-refractivity contribution in [3.05, 3.63) is 134 Å². The van der Waals surface area contributed by atoms with Crippen LogP contribution in [-0.4, -0.2) is 95.9 Å². The lowest BCUT2D eigenvalue weighted by molar-refractivity contribution is -0.161. The summed E-state index contributed by atoms with van der Waals surface area (Å²) in [4.78, 5) is 58.1. The van der Waals surface area contributed by atoms with Crippen LogP contribution in [0.3, 0.4) is 0 Å². The summed E-state index contributed by atoms with van der Waals surface area (Å²) in [6.07, 6.45) is 68.1. The van der Waals surface area contributed by atoms with Crippen LogP contribution in [0.4, 0.5) is 0 Å². The van der Waals surface area contributed by atoms with E-state index in [0.717, 1.165) is 141 Å². The molecule has 0 amide bonds. The summed E-state index contributed by atoms with van der Waals surface area (Å²) in [5.41, 5.74) is 0. The Kier molecular flexibility index (Phi) is 57.0. The van der Waals surface area contributed by atoms with E-state index in [4.69, 9.17) is 32.3 Å². The standard InChI is InChI=1S/C67H110O16P2/c1-4-7-10-13-16-19-22-24-26-28-29-30-31-33-35-36-39-41-44-47-50-53-65(70)77-56-62(68)57-79-84(73,74)80-58-63(69)59-81-85(75,76)82-61-64(83-67(72)55-52-49-46-43-38-21-18-15-12-9-6-3)60-78-66(71)54-51-48-45-42-40-37-34-32-27-25-23-20-17-14-11-8-5-2/h7-8,10-11,15-20,24-27,29-30,33-35,37,39,41,62-64,68-69H,4-6,9,12-14,21-23,28,31-32,36,38,40,42-61H2,1-3H3,(H,73,74)(H,75,76)/b10-7-,11-8-,18-15-,19-16-,20-17-,26-24-,27-25-,30-29-,35-33-,37-34-,41-39-. The van der Waals surface area contributed by atoms with Crippen LogP contribution in [0.15, 0.2) is 134 Å². The second-order valence-electron chi connectivity index (χ2n) is 20.4. The fourth-order valence-electron chi connectivity index (χ4n) is 7.54. The van der Waals surface area contributed by atoms with Crippen molar-refractivity contribution < 1.29 is 75.8 Å². The predicted molar refractivity (Wildman–Crippen MR) is 343 cm³/mol. The van der Waals surface area contributed by atoms with Crippen molar-refractivity contribution >= 4 is 33.6 Å². The van der Waals surface area contributed by atoms with E-state index in [0.29, 0.717) is 19.3 Å². The van der Waals surface area contributed by atoms with Gasteiger partial charge < -0.3 is 34.2 Å². The van der Waals surface area contributed by atoms with E-state index in [1.54, 1.807) is 0 Å². The summed E-state index contributed by atoms with van der Waals surface area (Å²) in [6, 6.07) is 0. The Morgan fingerprint density at radius 1 is 0.341 bits per heavy atom. The van der Waals surface area contributed by atoms with E-state index in [-0.39, 0.29) is 19.3 Å². The van der Waals surface area contributed by atoms with Gasteiger partial charge in [0.05, 0.1) is 26.4 Å². The predicted octanol–water partition coefficient (Wildman–Crippen LogP) is 16.9. The van der Waals surface area contributed by atoms with Crippen LogP contribution in [0.2, 0.25) is 0 Å². The van der Waals surface area contributed by atoms with E-state index in [9.17, 15) is 43.5 Å². The molecular weight excluding hydrogens is 1120 g/mol. The number of carbonyl (C=O) groups excluding carboxylic acids is 3. The maximum Gasteiger partial charge on any atom is 0.472 e. The van der Waals surface area contributed by atoms with Gasteiger partial charge in [-0.1, -0.05) is 199 Å². The first kappa shape index (κ1) is 80.7. The molecule has 0 heterocycles. The molecule has 0 aliphatic carbocycles. The van der Waals surface area contributed by atoms with Gasteiger partial charge in [0, 0.05) is 19.3 Å². The first-order chi connectivity index (χ1) is 41.2. The molecule has 16 nitrogen and oxygen atoms in total. The molecule has 0 spiro atoms. The SMILES string of the molecule is CC/C=C\C/C=C\C/C=C\C/C=C\C/C=C\C/C=C\CCCCC(=O)OCC(O)COP(=O)(O)OCC(O)COP(=O)(O)OCC(COC(=O)CCCCCC/C=C\C/C=C\C/C=C\C/C=C\CC)OC(=O)CCCCCCC/C=C\CCCC. The minimum Gasteiger partial charge on any atom is -0.463 e. The second kappa shape index (κ2) is 60.0. The summed E-state index contributed by atoms with van der Waals surface area (Å²) in [5, 5.41) is 20.5. The fraction of sp³-hybridized carbons (Fsp3) is 0.627. The molecule has 0 fully saturated rings. The molecule has 0 aliphatic heterocycles. The van der Waals surface area contributed by atoms with Crippen molar-refractivity contribution in [2.45, 2.75) is 232 Å². The maximum absolute atomic E-state index is 12.8. The quantitative estimate of drug-likeness (QED) is 0.0146. The molecule has 18 heteroatoms. The molecule has 0 aromatic rings. The first-order valence-electron chi connectivity index (χ1n) is 31.5. The Hall–Kier alpha value is -4.31. The van der Waals surface area contributed by atoms with Gasteiger partial charge in [-0.25, -0.2) is 9.13 Å². The van der Waals surface area contributed by atoms with Gasteiger partial charge in [0.25, 0.3) is 0 Å². The van der Waals surface area contributed by atoms with Gasteiger partial charge in [0.15, 0.2) is 6.10 Å². The zero-order valence-corrected chi connectivity index (χ0v) is 53.8. The summed E-state index contributed by atoms with van der Waals surface area (Å²) in [7, 11) is -9.79. The van der Waals surface area contributed by atoms with E-state index in [1.807, 2.05) is 0 Å². The number of unbranched alkanes of at least 4 members (excludes halogenated alkanes) is 13. The topological polar surface area (TPSA) is 231 Å². The number of allylic oxidation sites excluding steroid dienone is 22. The summed E-state index contributed by atoms with van der Waals surface area (Å²) in [6.45, 7) is 2.26. The zero-order valence-electron chi connectivity index (χ0n) is 52.0. The van der Waals surface area contributed by atoms with Crippen molar-refractivity contribution in [2.24, 2.45) is 0 Å². The second-order valence-corrected chi connectivity index (χ2v) is 23.3. The van der Waals surface area contributed by atoms with Crippen LogP contribution < -0.4 is 0 Å². The first-order valence-corrected chi connectivity index (χ1v) is 34.5. The third-order valence-corrected chi connectivity index (χ3v) is 14.2. The number of aliphatic hydroxyl groups excluding tert-OH is 2. The summed E-state index contributed by atoms with van der Waals surface area (Å²) in [5.74, 6) is -1.67. The number of esters is 3. The normalized spacial score (nSPS) is 15.2. The summed E-state index contributed by atoms with van der Waals surface area (Å²) < 4.78 is 60.6.